The van der Waals surface area contributed by atoms with Crippen molar-refractivity contribution in [3.8, 4) is 0 Å². The van der Waals surface area contributed by atoms with E-state index in [-0.39, 0.29) is 5.41 Å². The topological polar surface area (TPSA) is 20.2 Å². The number of aryl methyl sites for hydroxylation is 1. The largest absolute Gasteiger partial charge is 0.383 e. The molecule has 1 aromatic heterocycles. The first-order valence-electron chi connectivity index (χ1n) is 6.34. The predicted molar refractivity (Wildman–Crippen MR) is 91.0 cm³/mol. The van der Waals surface area contributed by atoms with E-state index in [1.165, 1.54) is 10.4 Å². The van der Waals surface area contributed by atoms with E-state index in [1.807, 2.05) is 18.2 Å². The van der Waals surface area contributed by atoms with E-state index in [4.69, 9.17) is 0 Å². The lowest BCUT2D eigenvalue weighted by Gasteiger charge is -2.16. The normalized spacial score (nSPS) is 13.6. The Morgan fingerprint density at radius 2 is 1.84 bits per heavy atom. The van der Waals surface area contributed by atoms with Gasteiger partial charge in [0.05, 0.1) is 0 Å². The number of hydrogen-bond acceptors (Lipinski definition) is 2. The third-order valence-electron chi connectivity index (χ3n) is 3.15. The number of aliphatic hydroxyl groups excluding tert-OH is 1. The van der Waals surface area contributed by atoms with E-state index in [2.05, 4.69) is 62.4 Å². The molecule has 2 rings (SSSR count). The van der Waals surface area contributed by atoms with Crippen LogP contribution in [0.4, 0.5) is 0 Å². The summed E-state index contributed by atoms with van der Waals surface area (Å²) in [5.74, 6) is 0. The Hall–Kier alpha value is -0.390. The van der Waals surface area contributed by atoms with Crippen molar-refractivity contribution < 1.29 is 5.11 Å². The van der Waals surface area contributed by atoms with Crippen LogP contribution in [-0.4, -0.2) is 5.11 Å². The third kappa shape index (κ3) is 3.20. The molecule has 0 aliphatic carbocycles. The van der Waals surface area contributed by atoms with E-state index in [0.29, 0.717) is 0 Å². The molecule has 2 aromatic rings. The van der Waals surface area contributed by atoms with Gasteiger partial charge in [-0.05, 0) is 58.2 Å². The predicted octanol–water partition coefficient (Wildman–Crippen LogP) is 5.04. The second kappa shape index (κ2) is 5.54. The number of hydrogen-bond donors (Lipinski definition) is 1. The van der Waals surface area contributed by atoms with Gasteiger partial charge < -0.3 is 5.11 Å². The highest BCUT2D eigenvalue weighted by Crippen LogP contribution is 2.36. The van der Waals surface area contributed by atoms with E-state index < -0.39 is 6.10 Å². The molecule has 19 heavy (non-hydrogen) atoms. The van der Waals surface area contributed by atoms with Gasteiger partial charge in [-0.3, -0.25) is 0 Å². The second-order valence-electron chi connectivity index (χ2n) is 5.83. The summed E-state index contributed by atoms with van der Waals surface area (Å²) in [4.78, 5) is 2.33. The fraction of sp³-hybridized carbons (Fsp3) is 0.375. The Balaban J connectivity index is 2.37. The highest BCUT2D eigenvalue weighted by atomic mass is 127. The van der Waals surface area contributed by atoms with Crippen molar-refractivity contribution in [1.29, 1.82) is 0 Å². The van der Waals surface area contributed by atoms with Crippen molar-refractivity contribution in [2.24, 2.45) is 0 Å². The monoisotopic (exact) mass is 386 g/mol. The number of thiophene rings is 1. The molecule has 1 heterocycles. The third-order valence-corrected chi connectivity index (χ3v) is 6.19. The summed E-state index contributed by atoms with van der Waals surface area (Å²) in [6.45, 7) is 8.68. The molecule has 0 amide bonds. The molecule has 3 heteroatoms. The highest BCUT2D eigenvalue weighted by molar-refractivity contribution is 14.1. The summed E-state index contributed by atoms with van der Waals surface area (Å²) in [6, 6.07) is 10.3. The maximum Gasteiger partial charge on any atom is 0.114 e. The lowest BCUT2D eigenvalue weighted by Crippen LogP contribution is -2.08. The van der Waals surface area contributed by atoms with Gasteiger partial charge in [-0.1, -0.05) is 39.0 Å². The van der Waals surface area contributed by atoms with Crippen LogP contribution in [0.25, 0.3) is 0 Å². The maximum atomic E-state index is 10.6. The van der Waals surface area contributed by atoms with Gasteiger partial charge in [0.2, 0.25) is 0 Å². The highest BCUT2D eigenvalue weighted by Gasteiger charge is 2.21. The molecular formula is C16H19IOS. The first-order valence-corrected chi connectivity index (χ1v) is 8.23. The molecule has 0 saturated heterocycles. The average molecular weight is 386 g/mol. The molecule has 0 fully saturated rings. The molecule has 102 valence electrons. The minimum absolute atomic E-state index is 0.141. The summed E-state index contributed by atoms with van der Waals surface area (Å²) in [5.41, 5.74) is 2.36. The van der Waals surface area contributed by atoms with Gasteiger partial charge in [-0.2, -0.15) is 0 Å². The number of aliphatic hydroxyl groups is 1. The Morgan fingerprint density at radius 3 is 2.42 bits per heavy atom. The fourth-order valence-electron chi connectivity index (χ4n) is 1.94. The van der Waals surface area contributed by atoms with Crippen LogP contribution in [0.3, 0.4) is 0 Å². The lowest BCUT2D eigenvalue weighted by atomic mass is 9.95. The van der Waals surface area contributed by atoms with Crippen molar-refractivity contribution in [3.05, 3.63) is 54.8 Å². The van der Waals surface area contributed by atoms with Gasteiger partial charge in [0, 0.05) is 13.3 Å². The zero-order valence-corrected chi connectivity index (χ0v) is 14.7. The average Bonchev–Trinajstić information content (AvgIpc) is 2.81. The molecule has 0 spiro atoms. The van der Waals surface area contributed by atoms with Crippen LogP contribution in [-0.2, 0) is 5.41 Å². The van der Waals surface area contributed by atoms with E-state index in [0.717, 1.165) is 14.0 Å². The van der Waals surface area contributed by atoms with Gasteiger partial charge >= 0.3 is 0 Å². The van der Waals surface area contributed by atoms with Gasteiger partial charge in [-0.15, -0.1) is 11.3 Å². The molecule has 0 radical (unpaired) electrons. The molecule has 1 aromatic carbocycles. The quantitative estimate of drug-likeness (QED) is 0.717. The summed E-state index contributed by atoms with van der Waals surface area (Å²) in [6.07, 6.45) is -0.520. The van der Waals surface area contributed by atoms with Crippen LogP contribution >= 0.6 is 33.9 Å². The molecule has 1 nitrogen and oxygen atoms in total. The van der Waals surface area contributed by atoms with E-state index in [9.17, 15) is 5.11 Å². The van der Waals surface area contributed by atoms with Crippen LogP contribution in [0.15, 0.2) is 30.3 Å². The first-order chi connectivity index (χ1) is 8.80. The summed E-state index contributed by atoms with van der Waals surface area (Å²) in [5, 5.41) is 10.6. The van der Waals surface area contributed by atoms with Gasteiger partial charge in [0.15, 0.2) is 0 Å². The van der Waals surface area contributed by atoms with Crippen molar-refractivity contribution in [3.63, 3.8) is 0 Å². The molecule has 0 bridgehead atoms. The SMILES string of the molecule is Cc1cccc(C(O)c2ccc(C(C)(C)C)s2)c1I. The standard InChI is InChI=1S/C16H19IOS/c1-10-6-5-7-11(14(10)17)15(18)12-8-9-13(19-12)16(2,3)4/h5-9,15,18H,1-4H3. The van der Waals surface area contributed by atoms with Crippen molar-refractivity contribution in [2.45, 2.75) is 39.2 Å². The van der Waals surface area contributed by atoms with Gasteiger partial charge in [-0.25, -0.2) is 0 Å². The summed E-state index contributed by atoms with van der Waals surface area (Å²) < 4.78 is 1.15. The Kier molecular flexibility index (Phi) is 4.38. The van der Waals surface area contributed by atoms with Crippen molar-refractivity contribution in [1.82, 2.24) is 0 Å². The molecule has 0 aliphatic heterocycles. The maximum absolute atomic E-state index is 10.6. The number of rotatable bonds is 2. The van der Waals surface area contributed by atoms with Crippen molar-refractivity contribution in [2.75, 3.05) is 0 Å². The Morgan fingerprint density at radius 1 is 1.16 bits per heavy atom. The van der Waals surface area contributed by atoms with Crippen LogP contribution in [0.2, 0.25) is 0 Å². The van der Waals surface area contributed by atoms with Crippen LogP contribution in [0, 0.1) is 10.5 Å². The van der Waals surface area contributed by atoms with Crippen molar-refractivity contribution >= 4 is 33.9 Å². The Bertz CT molecular complexity index is 581. The van der Waals surface area contributed by atoms with E-state index >= 15 is 0 Å². The van der Waals surface area contributed by atoms with Crippen LogP contribution in [0.1, 0.15) is 47.8 Å². The molecule has 1 unspecified atom stereocenters. The zero-order valence-electron chi connectivity index (χ0n) is 11.7. The fourth-order valence-corrected chi connectivity index (χ4v) is 3.66. The molecule has 0 aliphatic rings. The number of benzene rings is 1. The summed E-state index contributed by atoms with van der Waals surface area (Å²) >= 11 is 4.02. The summed E-state index contributed by atoms with van der Waals surface area (Å²) in [7, 11) is 0. The van der Waals surface area contributed by atoms with Gasteiger partial charge in [0.1, 0.15) is 6.10 Å². The lowest BCUT2D eigenvalue weighted by molar-refractivity contribution is 0.223. The Labute approximate surface area is 132 Å². The van der Waals surface area contributed by atoms with Crippen LogP contribution in [0.5, 0.6) is 0 Å². The smallest absolute Gasteiger partial charge is 0.114 e. The number of halogens is 1. The molecular weight excluding hydrogens is 367 g/mol. The molecule has 1 atom stereocenters. The molecule has 1 N–H and O–H groups in total. The van der Waals surface area contributed by atoms with E-state index in [1.54, 1.807) is 11.3 Å². The van der Waals surface area contributed by atoms with Crippen LogP contribution < -0.4 is 0 Å². The molecule has 0 saturated carbocycles. The first kappa shape index (κ1) is 15.0. The zero-order chi connectivity index (χ0) is 14.2. The van der Waals surface area contributed by atoms with Gasteiger partial charge in [0.25, 0.3) is 0 Å². The second-order valence-corrected chi connectivity index (χ2v) is 8.03. The minimum Gasteiger partial charge on any atom is -0.383 e. The minimum atomic E-state index is -0.520.